The second-order valence-electron chi connectivity index (χ2n) is 5.63. The van der Waals surface area contributed by atoms with Crippen molar-refractivity contribution in [1.82, 2.24) is 9.78 Å². The molecule has 0 unspecified atom stereocenters. The fraction of sp³-hybridized carbons (Fsp3) is 0.438. The summed E-state index contributed by atoms with van der Waals surface area (Å²) in [6.45, 7) is 3.77. The molecule has 1 N–H and O–H groups in total. The first-order valence-electron chi connectivity index (χ1n) is 7.40. The van der Waals surface area contributed by atoms with E-state index in [2.05, 4.69) is 28.4 Å². The lowest BCUT2D eigenvalue weighted by molar-refractivity contribution is 0.365. The molecule has 5 heteroatoms. The number of nitrogens with one attached hydrogen (secondary N) is 1. The topological polar surface area (TPSA) is 33.1 Å². The molecule has 0 aliphatic carbocycles. The Labute approximate surface area is 124 Å². The highest BCUT2D eigenvalue weighted by atomic mass is 19.1. The summed E-state index contributed by atoms with van der Waals surface area (Å²) in [5.41, 5.74) is 2.69. The van der Waals surface area contributed by atoms with Crippen LogP contribution in [0.25, 0.3) is 0 Å². The van der Waals surface area contributed by atoms with Crippen molar-refractivity contribution in [3.63, 3.8) is 0 Å². The van der Waals surface area contributed by atoms with Crippen LogP contribution in [0.15, 0.2) is 30.6 Å². The number of halogens is 1. The van der Waals surface area contributed by atoms with Crippen LogP contribution in [0.4, 0.5) is 15.8 Å². The van der Waals surface area contributed by atoms with Crippen LogP contribution in [0.5, 0.6) is 0 Å². The molecule has 1 fully saturated rings. The van der Waals surface area contributed by atoms with Crippen molar-refractivity contribution in [2.45, 2.75) is 25.8 Å². The number of hydrogen-bond donors (Lipinski definition) is 1. The molecule has 0 saturated carbocycles. The zero-order chi connectivity index (χ0) is 14.8. The van der Waals surface area contributed by atoms with Crippen molar-refractivity contribution in [1.29, 1.82) is 0 Å². The SMILES string of the molecule is CNc1ccc(N2CCC(n3cc(C)cn3)CC2)c(F)c1. The van der Waals surface area contributed by atoms with Gasteiger partial charge in [0.15, 0.2) is 0 Å². The summed E-state index contributed by atoms with van der Waals surface area (Å²) in [6, 6.07) is 5.76. The van der Waals surface area contributed by atoms with Crippen LogP contribution in [0.2, 0.25) is 0 Å². The molecule has 1 aliphatic rings. The van der Waals surface area contributed by atoms with Gasteiger partial charge in [0.2, 0.25) is 0 Å². The number of aromatic nitrogens is 2. The third-order valence-electron chi connectivity index (χ3n) is 4.15. The number of benzene rings is 1. The summed E-state index contributed by atoms with van der Waals surface area (Å²) in [5.74, 6) is -0.157. The minimum Gasteiger partial charge on any atom is -0.388 e. The molecule has 2 heterocycles. The number of rotatable bonds is 3. The molecule has 2 aromatic rings. The third kappa shape index (κ3) is 2.86. The molecule has 4 nitrogen and oxygen atoms in total. The zero-order valence-corrected chi connectivity index (χ0v) is 12.5. The van der Waals surface area contributed by atoms with E-state index in [0.717, 1.165) is 31.6 Å². The van der Waals surface area contributed by atoms with E-state index in [1.165, 1.54) is 5.56 Å². The van der Waals surface area contributed by atoms with Gasteiger partial charge in [0, 0.05) is 32.0 Å². The molecular weight excluding hydrogens is 267 g/mol. The lowest BCUT2D eigenvalue weighted by Crippen LogP contribution is -2.35. The summed E-state index contributed by atoms with van der Waals surface area (Å²) in [6.07, 6.45) is 5.97. The number of anilines is 2. The van der Waals surface area contributed by atoms with Crippen molar-refractivity contribution in [3.8, 4) is 0 Å². The first kappa shape index (κ1) is 13.9. The largest absolute Gasteiger partial charge is 0.388 e. The van der Waals surface area contributed by atoms with Crippen molar-refractivity contribution in [2.75, 3.05) is 30.4 Å². The number of piperidine rings is 1. The van der Waals surface area contributed by atoms with Gasteiger partial charge in [-0.3, -0.25) is 4.68 Å². The number of hydrogen-bond acceptors (Lipinski definition) is 3. The molecule has 21 heavy (non-hydrogen) atoms. The Morgan fingerprint density at radius 2 is 2.05 bits per heavy atom. The van der Waals surface area contributed by atoms with Crippen molar-refractivity contribution < 1.29 is 4.39 Å². The van der Waals surface area contributed by atoms with E-state index in [4.69, 9.17) is 0 Å². The second kappa shape index (κ2) is 5.76. The monoisotopic (exact) mass is 288 g/mol. The Balaban J connectivity index is 1.68. The van der Waals surface area contributed by atoms with Crippen LogP contribution in [-0.2, 0) is 0 Å². The average molecular weight is 288 g/mol. The Morgan fingerprint density at radius 3 is 2.62 bits per heavy atom. The Bertz CT molecular complexity index is 614. The van der Waals surface area contributed by atoms with Gasteiger partial charge in [0.1, 0.15) is 5.82 Å². The lowest BCUT2D eigenvalue weighted by Gasteiger charge is -2.34. The normalized spacial score (nSPS) is 16.2. The lowest BCUT2D eigenvalue weighted by atomic mass is 10.0. The first-order chi connectivity index (χ1) is 10.2. The van der Waals surface area contributed by atoms with Crippen LogP contribution in [-0.4, -0.2) is 29.9 Å². The summed E-state index contributed by atoms with van der Waals surface area (Å²) >= 11 is 0. The molecule has 0 atom stereocenters. The molecule has 1 aromatic carbocycles. The van der Waals surface area contributed by atoms with Gasteiger partial charge >= 0.3 is 0 Å². The van der Waals surface area contributed by atoms with Crippen LogP contribution >= 0.6 is 0 Å². The van der Waals surface area contributed by atoms with Gasteiger partial charge in [-0.25, -0.2) is 4.39 Å². The molecule has 1 aliphatic heterocycles. The predicted octanol–water partition coefficient (Wildman–Crippen LogP) is 3.21. The summed E-state index contributed by atoms with van der Waals surface area (Å²) in [5, 5.41) is 7.35. The molecule has 0 bridgehead atoms. The fourth-order valence-corrected chi connectivity index (χ4v) is 2.92. The summed E-state index contributed by atoms with van der Waals surface area (Å²) in [4.78, 5) is 2.13. The van der Waals surface area contributed by atoms with E-state index < -0.39 is 0 Å². The van der Waals surface area contributed by atoms with Crippen molar-refractivity contribution in [2.24, 2.45) is 0 Å². The van der Waals surface area contributed by atoms with Gasteiger partial charge in [0.25, 0.3) is 0 Å². The Hall–Kier alpha value is -2.04. The van der Waals surface area contributed by atoms with Gasteiger partial charge < -0.3 is 10.2 Å². The standard InChI is InChI=1S/C16H21FN4/c1-12-10-19-21(11-12)14-5-7-20(8-6-14)16-4-3-13(18-2)9-15(16)17/h3-4,9-11,14,18H,5-8H2,1-2H3. The van der Waals surface area contributed by atoms with E-state index in [1.54, 1.807) is 13.1 Å². The fourth-order valence-electron chi connectivity index (χ4n) is 2.92. The molecule has 1 saturated heterocycles. The maximum Gasteiger partial charge on any atom is 0.148 e. The average Bonchev–Trinajstić information content (AvgIpc) is 2.94. The van der Waals surface area contributed by atoms with Gasteiger partial charge in [-0.05, 0) is 43.5 Å². The summed E-state index contributed by atoms with van der Waals surface area (Å²) < 4.78 is 16.2. The second-order valence-corrected chi connectivity index (χ2v) is 5.63. The molecule has 0 amide bonds. The predicted molar refractivity (Wildman–Crippen MR) is 83.4 cm³/mol. The molecule has 112 valence electrons. The van der Waals surface area contributed by atoms with E-state index in [-0.39, 0.29) is 5.82 Å². The smallest absolute Gasteiger partial charge is 0.148 e. The molecule has 1 aromatic heterocycles. The molecule has 3 rings (SSSR count). The maximum absolute atomic E-state index is 14.1. The third-order valence-corrected chi connectivity index (χ3v) is 4.15. The van der Waals surface area contributed by atoms with Crippen LogP contribution in [0.1, 0.15) is 24.4 Å². The minimum atomic E-state index is -0.157. The summed E-state index contributed by atoms with van der Waals surface area (Å²) in [7, 11) is 1.80. The first-order valence-corrected chi connectivity index (χ1v) is 7.40. The zero-order valence-electron chi connectivity index (χ0n) is 12.5. The quantitative estimate of drug-likeness (QED) is 0.941. The Morgan fingerprint density at radius 1 is 1.29 bits per heavy atom. The van der Waals surface area contributed by atoms with Gasteiger partial charge in [0.05, 0.1) is 17.9 Å². The van der Waals surface area contributed by atoms with Crippen LogP contribution in [0, 0.1) is 12.7 Å². The van der Waals surface area contributed by atoms with E-state index in [1.807, 2.05) is 23.0 Å². The maximum atomic E-state index is 14.1. The van der Waals surface area contributed by atoms with Crippen molar-refractivity contribution in [3.05, 3.63) is 42.0 Å². The van der Waals surface area contributed by atoms with Gasteiger partial charge in [-0.2, -0.15) is 5.10 Å². The highest BCUT2D eigenvalue weighted by Gasteiger charge is 2.22. The Kier molecular flexibility index (Phi) is 3.82. The van der Waals surface area contributed by atoms with Crippen LogP contribution < -0.4 is 10.2 Å². The number of nitrogens with zero attached hydrogens (tertiary/aromatic N) is 3. The van der Waals surface area contributed by atoms with Crippen molar-refractivity contribution >= 4 is 11.4 Å². The van der Waals surface area contributed by atoms with E-state index >= 15 is 0 Å². The highest BCUT2D eigenvalue weighted by molar-refractivity contribution is 5.56. The minimum absolute atomic E-state index is 0.157. The number of aryl methyl sites for hydroxylation is 1. The van der Waals surface area contributed by atoms with E-state index in [0.29, 0.717) is 11.7 Å². The van der Waals surface area contributed by atoms with Crippen LogP contribution in [0.3, 0.4) is 0 Å². The van der Waals surface area contributed by atoms with Gasteiger partial charge in [-0.1, -0.05) is 0 Å². The van der Waals surface area contributed by atoms with E-state index in [9.17, 15) is 4.39 Å². The van der Waals surface area contributed by atoms with Gasteiger partial charge in [-0.15, -0.1) is 0 Å². The highest BCUT2D eigenvalue weighted by Crippen LogP contribution is 2.29. The molecule has 0 radical (unpaired) electrons. The molecule has 0 spiro atoms. The molecular formula is C16H21FN4.